The van der Waals surface area contributed by atoms with Crippen LogP contribution in [0.1, 0.15) is 19.5 Å². The van der Waals surface area contributed by atoms with E-state index in [2.05, 4.69) is 28.5 Å². The van der Waals surface area contributed by atoms with Gasteiger partial charge < -0.3 is 0 Å². The van der Waals surface area contributed by atoms with Crippen LogP contribution in [-0.2, 0) is 7.05 Å². The fourth-order valence-corrected chi connectivity index (χ4v) is 1.22. The van der Waals surface area contributed by atoms with Crippen molar-refractivity contribution in [2.75, 3.05) is 0 Å². The first-order valence-electron chi connectivity index (χ1n) is 4.45. The van der Waals surface area contributed by atoms with E-state index in [-0.39, 0.29) is 5.35 Å². The van der Waals surface area contributed by atoms with E-state index in [1.807, 2.05) is 0 Å². The zero-order chi connectivity index (χ0) is 11.4. The largest absolute Gasteiger partial charge is 0.262 e. The molecule has 0 aliphatic heterocycles. The summed E-state index contributed by atoms with van der Waals surface area (Å²) in [6.45, 7) is 7.08. The van der Waals surface area contributed by atoms with Crippen LogP contribution in [0, 0.1) is 11.8 Å². The Morgan fingerprint density at radius 3 is 2.87 bits per heavy atom. The summed E-state index contributed by atoms with van der Waals surface area (Å²) < 4.78 is 14.9. The summed E-state index contributed by atoms with van der Waals surface area (Å²) in [4.78, 5) is 3.57. The van der Waals surface area contributed by atoms with Crippen LogP contribution in [0.4, 0.5) is 4.39 Å². The van der Waals surface area contributed by atoms with Gasteiger partial charge >= 0.3 is 0 Å². The lowest BCUT2D eigenvalue weighted by Crippen LogP contribution is -2.29. The monoisotopic (exact) mass is 205 g/mol. The summed E-state index contributed by atoms with van der Waals surface area (Å²) in [5, 5.41) is 4.79. The SMILES string of the molecule is C=c1c(C#CC)nn(C)/c1=C(F)/N=C\C. The van der Waals surface area contributed by atoms with Gasteiger partial charge in [0.2, 0.25) is 5.95 Å². The van der Waals surface area contributed by atoms with Gasteiger partial charge in [0.15, 0.2) is 0 Å². The molecule has 1 heterocycles. The molecule has 4 heteroatoms. The molecule has 3 nitrogen and oxygen atoms in total. The number of aryl methyl sites for hydroxylation is 1. The maximum absolute atomic E-state index is 13.5. The molecule has 1 aromatic rings. The molecular weight excluding hydrogens is 193 g/mol. The molecule has 1 aromatic heterocycles. The molecule has 78 valence electrons. The van der Waals surface area contributed by atoms with Gasteiger partial charge in [-0.2, -0.15) is 9.49 Å². The summed E-state index contributed by atoms with van der Waals surface area (Å²) in [5.41, 5.74) is 0.483. The van der Waals surface area contributed by atoms with E-state index in [0.717, 1.165) is 0 Å². The Labute approximate surface area is 87.6 Å². The zero-order valence-electron chi connectivity index (χ0n) is 9.00. The number of aliphatic imine (C=N–C) groups is 1. The average Bonchev–Trinajstić information content (AvgIpc) is 2.43. The van der Waals surface area contributed by atoms with E-state index in [4.69, 9.17) is 0 Å². The number of hydrogen-bond acceptors (Lipinski definition) is 2. The smallest absolute Gasteiger partial charge is 0.238 e. The molecule has 0 saturated carbocycles. The highest BCUT2D eigenvalue weighted by atomic mass is 19.1. The van der Waals surface area contributed by atoms with Gasteiger partial charge in [-0.3, -0.25) is 4.68 Å². The van der Waals surface area contributed by atoms with Crippen LogP contribution in [-0.4, -0.2) is 16.0 Å². The van der Waals surface area contributed by atoms with Crippen LogP contribution in [0.15, 0.2) is 4.99 Å². The van der Waals surface area contributed by atoms with Gasteiger partial charge in [0.05, 0.1) is 0 Å². The number of aromatic nitrogens is 2. The van der Waals surface area contributed by atoms with Crippen molar-refractivity contribution in [3.63, 3.8) is 0 Å². The van der Waals surface area contributed by atoms with Gasteiger partial charge in [0.1, 0.15) is 11.0 Å². The molecule has 0 bridgehead atoms. The Balaban J connectivity index is 3.63. The van der Waals surface area contributed by atoms with Gasteiger partial charge in [-0.25, -0.2) is 4.99 Å². The Hall–Kier alpha value is -1.89. The minimum atomic E-state index is -0.596. The van der Waals surface area contributed by atoms with Gasteiger partial charge in [-0.15, -0.1) is 0 Å². The molecule has 0 amide bonds. The molecule has 0 aliphatic rings. The Bertz CT molecular complexity index is 555. The third-order valence-corrected chi connectivity index (χ3v) is 1.83. The zero-order valence-corrected chi connectivity index (χ0v) is 9.00. The van der Waals surface area contributed by atoms with Crippen molar-refractivity contribution in [3.8, 4) is 11.8 Å². The predicted molar refractivity (Wildman–Crippen MR) is 59.2 cm³/mol. The molecule has 0 fully saturated rings. The molecule has 0 aliphatic carbocycles. The first kappa shape index (κ1) is 11.2. The number of hydrogen-bond donors (Lipinski definition) is 0. The second-order valence-electron chi connectivity index (χ2n) is 2.85. The quantitative estimate of drug-likeness (QED) is 0.369. The van der Waals surface area contributed by atoms with Crippen molar-refractivity contribution in [2.24, 2.45) is 12.0 Å². The number of nitrogens with zero attached hydrogens (tertiary/aromatic N) is 3. The maximum Gasteiger partial charge on any atom is 0.238 e. The Kier molecular flexibility index (Phi) is 3.40. The highest BCUT2D eigenvalue weighted by Gasteiger charge is 2.04. The van der Waals surface area contributed by atoms with E-state index in [9.17, 15) is 4.39 Å². The van der Waals surface area contributed by atoms with E-state index < -0.39 is 5.95 Å². The summed E-state index contributed by atoms with van der Waals surface area (Å²) in [6.07, 6.45) is 1.38. The van der Waals surface area contributed by atoms with Crippen molar-refractivity contribution >= 4 is 18.7 Å². The van der Waals surface area contributed by atoms with Crippen molar-refractivity contribution in [1.82, 2.24) is 9.78 Å². The van der Waals surface area contributed by atoms with Gasteiger partial charge in [-0.1, -0.05) is 12.5 Å². The lowest BCUT2D eigenvalue weighted by molar-refractivity contribution is 0.680. The second-order valence-corrected chi connectivity index (χ2v) is 2.85. The molecule has 15 heavy (non-hydrogen) atoms. The van der Waals surface area contributed by atoms with Crippen molar-refractivity contribution in [2.45, 2.75) is 13.8 Å². The summed E-state index contributed by atoms with van der Waals surface area (Å²) >= 11 is 0. The molecule has 0 spiro atoms. The van der Waals surface area contributed by atoms with Crippen LogP contribution in [0.25, 0.3) is 12.5 Å². The molecule has 0 atom stereocenters. The Morgan fingerprint density at radius 1 is 1.67 bits per heavy atom. The molecule has 0 N–H and O–H groups in total. The summed E-state index contributed by atoms with van der Waals surface area (Å²) in [5.74, 6) is 4.86. The van der Waals surface area contributed by atoms with E-state index in [1.165, 1.54) is 10.9 Å². The fourth-order valence-electron chi connectivity index (χ4n) is 1.22. The molecule has 0 radical (unpaired) electrons. The normalized spacial score (nSPS) is 12.5. The molecule has 1 rings (SSSR count). The highest BCUT2D eigenvalue weighted by Crippen LogP contribution is 1.93. The topological polar surface area (TPSA) is 30.2 Å². The van der Waals surface area contributed by atoms with Crippen molar-refractivity contribution < 1.29 is 4.39 Å². The summed E-state index contributed by atoms with van der Waals surface area (Å²) in [7, 11) is 1.63. The van der Waals surface area contributed by atoms with Crippen LogP contribution < -0.4 is 10.6 Å². The standard InChI is InChI=1S/C11H12FN3/c1-5-7-9-8(3)10(15(4)14-9)11(12)13-6-2/h6H,3H2,1-2,4H3/b11-10+,13-6-. The van der Waals surface area contributed by atoms with Crippen LogP contribution in [0.2, 0.25) is 0 Å². The van der Waals surface area contributed by atoms with Gasteiger partial charge in [0, 0.05) is 18.5 Å². The second kappa shape index (κ2) is 4.56. The van der Waals surface area contributed by atoms with Crippen LogP contribution >= 0.6 is 0 Å². The third kappa shape index (κ3) is 2.13. The third-order valence-electron chi connectivity index (χ3n) is 1.83. The molecule has 0 saturated heterocycles. The van der Waals surface area contributed by atoms with E-state index in [0.29, 0.717) is 10.9 Å². The number of rotatable bonds is 1. The van der Waals surface area contributed by atoms with E-state index in [1.54, 1.807) is 20.9 Å². The molecule has 0 aromatic carbocycles. The fraction of sp³-hybridized carbons (Fsp3) is 0.273. The highest BCUT2D eigenvalue weighted by molar-refractivity contribution is 5.60. The van der Waals surface area contributed by atoms with Gasteiger partial charge in [0.25, 0.3) is 0 Å². The summed E-state index contributed by atoms with van der Waals surface area (Å²) in [6, 6.07) is 0. The van der Waals surface area contributed by atoms with Crippen LogP contribution in [0.3, 0.4) is 0 Å². The predicted octanol–water partition coefficient (Wildman–Crippen LogP) is 0.328. The Morgan fingerprint density at radius 2 is 2.33 bits per heavy atom. The van der Waals surface area contributed by atoms with E-state index >= 15 is 0 Å². The van der Waals surface area contributed by atoms with Gasteiger partial charge in [-0.05, 0) is 19.8 Å². The lowest BCUT2D eigenvalue weighted by atomic mass is 10.3. The molecular formula is C11H12FN3. The minimum Gasteiger partial charge on any atom is -0.262 e. The number of halogens is 1. The maximum atomic E-state index is 13.5. The molecule has 0 unspecified atom stereocenters. The first-order valence-corrected chi connectivity index (χ1v) is 4.45. The first-order chi connectivity index (χ1) is 7.11. The van der Waals surface area contributed by atoms with Crippen molar-refractivity contribution in [3.05, 3.63) is 16.3 Å². The van der Waals surface area contributed by atoms with Crippen molar-refractivity contribution in [1.29, 1.82) is 0 Å². The van der Waals surface area contributed by atoms with Crippen LogP contribution in [0.5, 0.6) is 0 Å². The average molecular weight is 205 g/mol. The lowest BCUT2D eigenvalue weighted by Gasteiger charge is -1.88. The minimum absolute atomic E-state index is 0.269.